The van der Waals surface area contributed by atoms with Crippen LogP contribution in [0.5, 0.6) is 5.75 Å². The van der Waals surface area contributed by atoms with Crippen LogP contribution in [0, 0.1) is 0 Å². The first-order valence-electron chi connectivity index (χ1n) is 7.54. The summed E-state index contributed by atoms with van der Waals surface area (Å²) in [5.41, 5.74) is 2.29. The van der Waals surface area contributed by atoms with Gasteiger partial charge in [-0.25, -0.2) is 9.48 Å². The van der Waals surface area contributed by atoms with Gasteiger partial charge in [0.1, 0.15) is 11.4 Å². The van der Waals surface area contributed by atoms with Crippen molar-refractivity contribution in [3.63, 3.8) is 0 Å². The van der Waals surface area contributed by atoms with Gasteiger partial charge in [-0.2, -0.15) is 0 Å². The molecule has 0 unspecified atom stereocenters. The second-order valence-electron chi connectivity index (χ2n) is 5.28. The van der Waals surface area contributed by atoms with Crippen LogP contribution in [0.4, 0.5) is 0 Å². The fourth-order valence-corrected chi connectivity index (χ4v) is 2.55. The molecule has 0 amide bonds. The Kier molecular flexibility index (Phi) is 4.56. The van der Waals surface area contributed by atoms with Crippen LogP contribution in [0.3, 0.4) is 0 Å². The minimum atomic E-state index is -1.10. The smallest absolute Gasteiger partial charge is 0.358 e. The van der Waals surface area contributed by atoms with Crippen molar-refractivity contribution in [3.8, 4) is 17.0 Å². The summed E-state index contributed by atoms with van der Waals surface area (Å²) >= 11 is 0. The zero-order valence-electron chi connectivity index (χ0n) is 13.2. The zero-order valence-corrected chi connectivity index (χ0v) is 13.2. The topological polar surface area (TPSA) is 77.2 Å². The van der Waals surface area contributed by atoms with Crippen LogP contribution >= 0.6 is 0 Å². The first-order chi connectivity index (χ1) is 11.7. The Morgan fingerprint density at radius 1 is 1.17 bits per heavy atom. The monoisotopic (exact) mass is 323 g/mol. The molecule has 1 heterocycles. The van der Waals surface area contributed by atoms with Crippen molar-refractivity contribution in [2.75, 3.05) is 7.11 Å². The first kappa shape index (κ1) is 15.7. The number of benzene rings is 2. The summed E-state index contributed by atoms with van der Waals surface area (Å²) in [6.45, 7) is 0.539. The van der Waals surface area contributed by atoms with E-state index in [0.717, 1.165) is 12.0 Å². The highest BCUT2D eigenvalue weighted by Gasteiger charge is 2.20. The number of hydrogen-bond donors (Lipinski definition) is 1. The summed E-state index contributed by atoms with van der Waals surface area (Å²) in [6.07, 6.45) is 0.736. The Bertz CT molecular complexity index is 844. The maximum absolute atomic E-state index is 11.5. The molecular formula is C18H17N3O3. The van der Waals surface area contributed by atoms with E-state index in [2.05, 4.69) is 10.3 Å². The maximum Gasteiger partial charge on any atom is 0.358 e. The molecule has 0 aliphatic carbocycles. The van der Waals surface area contributed by atoms with Crippen LogP contribution in [-0.4, -0.2) is 33.2 Å². The van der Waals surface area contributed by atoms with Gasteiger partial charge >= 0.3 is 5.97 Å². The number of nitrogens with zero attached hydrogens (tertiary/aromatic N) is 3. The van der Waals surface area contributed by atoms with Crippen LogP contribution in [0.2, 0.25) is 0 Å². The highest BCUT2D eigenvalue weighted by atomic mass is 16.5. The predicted molar refractivity (Wildman–Crippen MR) is 89.1 cm³/mol. The Morgan fingerprint density at radius 3 is 2.67 bits per heavy atom. The van der Waals surface area contributed by atoms with E-state index in [0.29, 0.717) is 23.6 Å². The summed E-state index contributed by atoms with van der Waals surface area (Å²) < 4.78 is 6.86. The largest absolute Gasteiger partial charge is 0.497 e. The molecule has 1 aromatic heterocycles. The van der Waals surface area contributed by atoms with Gasteiger partial charge in [0.25, 0.3) is 0 Å². The molecule has 0 atom stereocenters. The number of ether oxygens (including phenoxy) is 1. The van der Waals surface area contributed by atoms with Crippen molar-refractivity contribution in [2.45, 2.75) is 13.0 Å². The lowest BCUT2D eigenvalue weighted by atomic mass is 10.1. The number of carbonyl (C=O) groups is 1. The van der Waals surface area contributed by atoms with E-state index < -0.39 is 5.97 Å². The van der Waals surface area contributed by atoms with Crippen LogP contribution < -0.4 is 4.74 Å². The van der Waals surface area contributed by atoms with Gasteiger partial charge in [0.05, 0.1) is 7.11 Å². The molecule has 0 aliphatic rings. The van der Waals surface area contributed by atoms with Crippen molar-refractivity contribution >= 4 is 5.97 Å². The Labute approximate surface area is 139 Å². The van der Waals surface area contributed by atoms with Crippen molar-refractivity contribution in [3.05, 3.63) is 65.9 Å². The second-order valence-corrected chi connectivity index (χ2v) is 5.28. The summed E-state index contributed by atoms with van der Waals surface area (Å²) in [5, 5.41) is 17.3. The molecule has 0 bridgehead atoms. The third-order valence-corrected chi connectivity index (χ3v) is 3.74. The summed E-state index contributed by atoms with van der Waals surface area (Å²) in [6, 6.07) is 17.2. The third kappa shape index (κ3) is 3.27. The number of carboxylic acid groups (broad SMARTS) is 1. The van der Waals surface area contributed by atoms with Gasteiger partial charge in [-0.05, 0) is 24.1 Å². The van der Waals surface area contributed by atoms with Crippen LogP contribution in [0.25, 0.3) is 11.3 Å². The molecule has 3 rings (SSSR count). The number of aryl methyl sites for hydroxylation is 2. The average Bonchev–Trinajstić information content (AvgIpc) is 3.05. The van der Waals surface area contributed by atoms with Gasteiger partial charge in [0.2, 0.25) is 0 Å². The lowest BCUT2D eigenvalue weighted by Crippen LogP contribution is -2.07. The molecule has 0 aliphatic heterocycles. The molecule has 122 valence electrons. The Hall–Kier alpha value is -3.15. The molecule has 0 saturated carbocycles. The normalized spacial score (nSPS) is 10.5. The van der Waals surface area contributed by atoms with Crippen LogP contribution in [0.1, 0.15) is 16.1 Å². The third-order valence-electron chi connectivity index (χ3n) is 3.74. The Morgan fingerprint density at radius 2 is 1.96 bits per heavy atom. The molecule has 2 aromatic carbocycles. The van der Waals surface area contributed by atoms with E-state index in [1.807, 2.05) is 48.5 Å². The molecule has 1 N–H and O–H groups in total. The quantitative estimate of drug-likeness (QED) is 0.755. The van der Waals surface area contributed by atoms with Crippen LogP contribution in [-0.2, 0) is 13.0 Å². The molecule has 6 heteroatoms. The fraction of sp³-hybridized carbons (Fsp3) is 0.167. The highest BCUT2D eigenvalue weighted by Crippen LogP contribution is 2.26. The summed E-state index contributed by atoms with van der Waals surface area (Å²) in [5.74, 6) is -0.446. The van der Waals surface area contributed by atoms with Gasteiger partial charge in [-0.15, -0.1) is 5.10 Å². The summed E-state index contributed by atoms with van der Waals surface area (Å²) in [7, 11) is 1.57. The number of carboxylic acids is 1. The molecule has 24 heavy (non-hydrogen) atoms. The van der Waals surface area contributed by atoms with E-state index in [1.54, 1.807) is 17.9 Å². The van der Waals surface area contributed by atoms with Gasteiger partial charge in [-0.3, -0.25) is 0 Å². The van der Waals surface area contributed by atoms with E-state index in [4.69, 9.17) is 4.74 Å². The minimum absolute atomic E-state index is 0.0590. The zero-order chi connectivity index (χ0) is 16.9. The Balaban J connectivity index is 1.96. The highest BCUT2D eigenvalue weighted by molar-refractivity contribution is 5.92. The molecule has 0 saturated heterocycles. The predicted octanol–water partition coefficient (Wildman–Crippen LogP) is 2.89. The van der Waals surface area contributed by atoms with E-state index >= 15 is 0 Å². The van der Waals surface area contributed by atoms with Crippen molar-refractivity contribution in [2.24, 2.45) is 0 Å². The van der Waals surface area contributed by atoms with E-state index in [-0.39, 0.29) is 5.69 Å². The molecule has 3 aromatic rings. The number of rotatable bonds is 6. The first-order valence-corrected chi connectivity index (χ1v) is 7.54. The number of methoxy groups -OCH3 is 1. The van der Waals surface area contributed by atoms with Crippen molar-refractivity contribution in [1.82, 2.24) is 15.0 Å². The molecule has 0 radical (unpaired) electrons. The lowest BCUT2D eigenvalue weighted by Gasteiger charge is -2.09. The van der Waals surface area contributed by atoms with Crippen molar-refractivity contribution < 1.29 is 14.6 Å². The maximum atomic E-state index is 11.5. The number of aromatic nitrogens is 3. The molecule has 0 spiro atoms. The second kappa shape index (κ2) is 6.95. The fourth-order valence-electron chi connectivity index (χ4n) is 2.55. The van der Waals surface area contributed by atoms with Gasteiger partial charge < -0.3 is 9.84 Å². The lowest BCUT2D eigenvalue weighted by molar-refractivity contribution is 0.0691. The molecule has 6 nitrogen and oxygen atoms in total. The summed E-state index contributed by atoms with van der Waals surface area (Å²) in [4.78, 5) is 11.5. The van der Waals surface area contributed by atoms with E-state index in [9.17, 15) is 9.90 Å². The standard InChI is InChI=1S/C18H17N3O3/c1-24-15-9-5-8-14(12-15)17-16(18(22)23)19-20-21(17)11-10-13-6-3-2-4-7-13/h2-9,12H,10-11H2,1H3,(H,22,23). The van der Waals surface area contributed by atoms with Crippen LogP contribution in [0.15, 0.2) is 54.6 Å². The molecule has 0 fully saturated rings. The number of aromatic carboxylic acids is 1. The molecular weight excluding hydrogens is 306 g/mol. The number of hydrogen-bond acceptors (Lipinski definition) is 4. The van der Waals surface area contributed by atoms with Gasteiger partial charge in [0.15, 0.2) is 5.69 Å². The van der Waals surface area contributed by atoms with Crippen molar-refractivity contribution in [1.29, 1.82) is 0 Å². The minimum Gasteiger partial charge on any atom is -0.497 e. The SMILES string of the molecule is COc1cccc(-c2c(C(=O)O)nnn2CCc2ccccc2)c1. The van der Waals surface area contributed by atoms with Gasteiger partial charge in [-0.1, -0.05) is 47.7 Å². The van der Waals surface area contributed by atoms with Gasteiger partial charge in [0, 0.05) is 12.1 Å². The van der Waals surface area contributed by atoms with E-state index in [1.165, 1.54) is 0 Å². The average molecular weight is 323 g/mol.